The van der Waals surface area contributed by atoms with Crippen LogP contribution in [-0.2, 0) is 10.0 Å². The summed E-state index contributed by atoms with van der Waals surface area (Å²) >= 11 is 0. The van der Waals surface area contributed by atoms with Gasteiger partial charge in [-0.3, -0.25) is 0 Å². The highest BCUT2D eigenvalue weighted by atomic mass is 32.2. The van der Waals surface area contributed by atoms with Crippen molar-refractivity contribution in [3.05, 3.63) is 24.3 Å². The van der Waals surface area contributed by atoms with Crippen molar-refractivity contribution in [2.45, 2.75) is 17.4 Å². The van der Waals surface area contributed by atoms with E-state index in [0.717, 1.165) is 0 Å². The van der Waals surface area contributed by atoms with Gasteiger partial charge in [-0.1, -0.05) is 6.07 Å². The third kappa shape index (κ3) is 3.90. The van der Waals surface area contributed by atoms with Crippen LogP contribution < -0.4 is 9.46 Å². The van der Waals surface area contributed by atoms with E-state index < -0.39 is 29.1 Å². The van der Waals surface area contributed by atoms with E-state index in [0.29, 0.717) is 5.75 Å². The minimum Gasteiger partial charge on any atom is -0.497 e. The summed E-state index contributed by atoms with van der Waals surface area (Å²) in [7, 11) is -2.57. The molecule has 1 aromatic rings. The van der Waals surface area contributed by atoms with Crippen molar-refractivity contribution < 1.29 is 27.0 Å². The Kier molecular flexibility index (Phi) is 5.00. The zero-order chi connectivity index (χ0) is 13.8. The van der Waals surface area contributed by atoms with Gasteiger partial charge in [0.25, 0.3) is 6.43 Å². The van der Waals surface area contributed by atoms with Crippen LogP contribution >= 0.6 is 0 Å². The van der Waals surface area contributed by atoms with Crippen molar-refractivity contribution in [1.29, 1.82) is 0 Å². The molecule has 1 unspecified atom stereocenters. The molecule has 18 heavy (non-hydrogen) atoms. The Morgan fingerprint density at radius 1 is 1.44 bits per heavy atom. The zero-order valence-corrected chi connectivity index (χ0v) is 10.3. The second-order valence-corrected chi connectivity index (χ2v) is 5.20. The summed E-state index contributed by atoms with van der Waals surface area (Å²) in [6, 6.07) is 5.54. The number of aliphatic hydroxyl groups is 1. The first-order valence-corrected chi connectivity index (χ1v) is 6.45. The third-order valence-corrected chi connectivity index (χ3v) is 3.55. The molecule has 2 N–H and O–H groups in total. The van der Waals surface area contributed by atoms with Crippen LogP contribution in [0.25, 0.3) is 0 Å². The van der Waals surface area contributed by atoms with Crippen LogP contribution in [0.3, 0.4) is 0 Å². The van der Waals surface area contributed by atoms with Gasteiger partial charge < -0.3 is 9.84 Å². The number of hydrogen-bond acceptors (Lipinski definition) is 4. The van der Waals surface area contributed by atoms with E-state index in [1.807, 2.05) is 4.72 Å². The predicted molar refractivity (Wildman–Crippen MR) is 60.2 cm³/mol. The monoisotopic (exact) mass is 281 g/mol. The van der Waals surface area contributed by atoms with Gasteiger partial charge >= 0.3 is 0 Å². The molecule has 0 spiro atoms. The molecule has 0 aromatic heterocycles. The maximum atomic E-state index is 12.0. The molecule has 0 aliphatic rings. The largest absolute Gasteiger partial charge is 0.497 e. The second kappa shape index (κ2) is 6.07. The highest BCUT2D eigenvalue weighted by Gasteiger charge is 2.21. The average molecular weight is 281 g/mol. The number of sulfonamides is 1. The summed E-state index contributed by atoms with van der Waals surface area (Å²) in [5.74, 6) is 0.326. The van der Waals surface area contributed by atoms with Gasteiger partial charge in [0, 0.05) is 12.6 Å². The molecule has 0 aliphatic heterocycles. The molecule has 102 valence electrons. The molecule has 0 radical (unpaired) electrons. The fraction of sp³-hybridized carbons (Fsp3) is 0.400. The Balaban J connectivity index is 2.80. The van der Waals surface area contributed by atoms with E-state index >= 15 is 0 Å². The van der Waals surface area contributed by atoms with Crippen LogP contribution in [0, 0.1) is 0 Å². The Labute approximate surface area is 103 Å². The molecule has 0 aliphatic carbocycles. The number of nitrogens with one attached hydrogen (secondary N) is 1. The Morgan fingerprint density at radius 3 is 2.67 bits per heavy atom. The van der Waals surface area contributed by atoms with E-state index in [2.05, 4.69) is 0 Å². The van der Waals surface area contributed by atoms with E-state index in [-0.39, 0.29) is 4.90 Å². The van der Waals surface area contributed by atoms with Gasteiger partial charge in [-0.15, -0.1) is 0 Å². The molecule has 8 heteroatoms. The van der Waals surface area contributed by atoms with Crippen molar-refractivity contribution in [3.63, 3.8) is 0 Å². The first-order chi connectivity index (χ1) is 8.36. The van der Waals surface area contributed by atoms with Crippen molar-refractivity contribution in [1.82, 2.24) is 4.72 Å². The van der Waals surface area contributed by atoms with Gasteiger partial charge in [0.2, 0.25) is 10.0 Å². The number of ether oxygens (including phenoxy) is 1. The molecule has 1 aromatic carbocycles. The third-order valence-electron chi connectivity index (χ3n) is 2.12. The summed E-state index contributed by atoms with van der Waals surface area (Å²) in [5, 5.41) is 8.84. The highest BCUT2D eigenvalue weighted by molar-refractivity contribution is 7.89. The highest BCUT2D eigenvalue weighted by Crippen LogP contribution is 2.16. The summed E-state index contributed by atoms with van der Waals surface area (Å²) < 4.78 is 54.2. The van der Waals surface area contributed by atoms with Crippen LogP contribution in [0.15, 0.2) is 29.2 Å². The van der Waals surface area contributed by atoms with Crippen molar-refractivity contribution in [3.8, 4) is 5.75 Å². The molecule has 1 atom stereocenters. The Bertz CT molecular complexity index is 492. The molecule has 0 fully saturated rings. The van der Waals surface area contributed by atoms with Crippen LogP contribution in [0.5, 0.6) is 5.75 Å². The fourth-order valence-corrected chi connectivity index (χ4v) is 2.22. The summed E-state index contributed by atoms with van der Waals surface area (Å²) in [5.41, 5.74) is 0. The van der Waals surface area contributed by atoms with Crippen LogP contribution in [-0.4, -0.2) is 39.7 Å². The number of halogens is 2. The molecule has 0 bridgehead atoms. The van der Waals surface area contributed by atoms with Crippen LogP contribution in [0.2, 0.25) is 0 Å². The van der Waals surface area contributed by atoms with Crippen LogP contribution in [0.4, 0.5) is 8.78 Å². The number of rotatable bonds is 6. The Hall–Kier alpha value is -1.25. The maximum Gasteiger partial charge on any atom is 0.265 e. The topological polar surface area (TPSA) is 75.6 Å². The van der Waals surface area contributed by atoms with Gasteiger partial charge in [-0.2, -0.15) is 0 Å². The quantitative estimate of drug-likeness (QED) is 0.800. The number of alkyl halides is 2. The van der Waals surface area contributed by atoms with Gasteiger partial charge in [0.15, 0.2) is 0 Å². The lowest BCUT2D eigenvalue weighted by Crippen LogP contribution is -2.35. The number of aliphatic hydroxyl groups excluding tert-OH is 1. The first-order valence-electron chi connectivity index (χ1n) is 4.97. The molecular formula is C10H13F2NO4S. The summed E-state index contributed by atoms with van der Waals surface area (Å²) in [6.07, 6.45) is -5.04. The van der Waals surface area contributed by atoms with Crippen molar-refractivity contribution in [2.75, 3.05) is 13.7 Å². The Morgan fingerprint density at radius 2 is 2.11 bits per heavy atom. The lowest BCUT2D eigenvalue weighted by molar-refractivity contribution is -0.000452. The van der Waals surface area contributed by atoms with Gasteiger partial charge in [0.1, 0.15) is 11.9 Å². The first kappa shape index (κ1) is 14.8. The van der Waals surface area contributed by atoms with Crippen molar-refractivity contribution >= 4 is 10.0 Å². The van der Waals surface area contributed by atoms with E-state index in [1.54, 1.807) is 6.07 Å². The minimum atomic E-state index is -3.94. The predicted octanol–water partition coefficient (Wildman–Crippen LogP) is 0.600. The number of hydrogen-bond donors (Lipinski definition) is 2. The van der Waals surface area contributed by atoms with E-state index in [1.165, 1.54) is 25.3 Å². The van der Waals surface area contributed by atoms with Crippen LogP contribution in [0.1, 0.15) is 0 Å². The lowest BCUT2D eigenvalue weighted by atomic mass is 10.3. The van der Waals surface area contributed by atoms with E-state index in [4.69, 9.17) is 9.84 Å². The summed E-state index contributed by atoms with van der Waals surface area (Å²) in [4.78, 5) is -0.122. The van der Waals surface area contributed by atoms with Gasteiger partial charge in [-0.25, -0.2) is 21.9 Å². The molecule has 0 saturated carbocycles. The van der Waals surface area contributed by atoms with E-state index in [9.17, 15) is 17.2 Å². The minimum absolute atomic E-state index is 0.122. The molecule has 0 amide bonds. The molecular weight excluding hydrogens is 268 g/mol. The lowest BCUT2D eigenvalue weighted by Gasteiger charge is -2.11. The number of methoxy groups -OCH3 is 1. The second-order valence-electron chi connectivity index (χ2n) is 3.43. The van der Waals surface area contributed by atoms with Gasteiger partial charge in [0.05, 0.1) is 12.0 Å². The zero-order valence-electron chi connectivity index (χ0n) is 9.51. The molecule has 0 saturated heterocycles. The van der Waals surface area contributed by atoms with Gasteiger partial charge in [-0.05, 0) is 12.1 Å². The normalized spacial score (nSPS) is 13.6. The fourth-order valence-electron chi connectivity index (χ4n) is 1.14. The average Bonchev–Trinajstić information content (AvgIpc) is 2.36. The summed E-state index contributed by atoms with van der Waals surface area (Å²) in [6.45, 7) is -0.753. The smallest absolute Gasteiger partial charge is 0.265 e. The molecule has 0 heterocycles. The molecule has 1 rings (SSSR count). The standard InChI is InChI=1S/C10H13F2NO4S/c1-17-7-3-2-4-8(5-7)18(15,16)13-6-9(14)10(11)12/h2-5,9-10,13-14H,6H2,1H3. The maximum absolute atomic E-state index is 12.0. The SMILES string of the molecule is COc1cccc(S(=O)(=O)NCC(O)C(F)F)c1. The number of benzene rings is 1. The van der Waals surface area contributed by atoms with Crippen molar-refractivity contribution in [2.24, 2.45) is 0 Å². The molecule has 5 nitrogen and oxygen atoms in total.